The van der Waals surface area contributed by atoms with Crippen molar-refractivity contribution in [1.29, 1.82) is 5.26 Å². The lowest BCUT2D eigenvalue weighted by Crippen LogP contribution is -2.14. The first-order valence-corrected chi connectivity index (χ1v) is 10.1. The molecule has 1 heterocycles. The van der Waals surface area contributed by atoms with Gasteiger partial charge in [-0.15, -0.1) is 0 Å². The monoisotopic (exact) mass is 423 g/mol. The third-order valence-electron chi connectivity index (χ3n) is 4.15. The summed E-state index contributed by atoms with van der Waals surface area (Å²) >= 11 is 0. The molecule has 1 amide bonds. The smallest absolute Gasteiger partial charge is 0.266 e. The van der Waals surface area contributed by atoms with Crippen LogP contribution in [0.5, 0.6) is 5.75 Å². The highest BCUT2D eigenvalue weighted by Crippen LogP contribution is 2.25. The van der Waals surface area contributed by atoms with E-state index in [4.69, 9.17) is 9.88 Å². The molecule has 10 heteroatoms. The van der Waals surface area contributed by atoms with Crippen molar-refractivity contribution in [3.8, 4) is 23.1 Å². The Balaban J connectivity index is 1.83. The second-order valence-electron chi connectivity index (χ2n) is 6.12. The standard InChI is InChI=1S/C20H17N5O4S/c1-29-17-6-2-13(3-7-17)19-15(12-23-25-19)10-14(11-21)20(26)24-16-4-8-18(9-5-16)30(22,27)28/h2-10,12H,1H3,(H,23,25)(H,24,26)(H2,22,27,28)/b14-10+. The molecule has 0 saturated carbocycles. The van der Waals surface area contributed by atoms with Gasteiger partial charge in [0, 0.05) is 16.8 Å². The van der Waals surface area contributed by atoms with E-state index in [0.29, 0.717) is 22.7 Å². The number of rotatable bonds is 6. The first-order chi connectivity index (χ1) is 14.3. The Hall–Kier alpha value is -3.94. The minimum atomic E-state index is -3.83. The zero-order valence-electron chi connectivity index (χ0n) is 15.8. The van der Waals surface area contributed by atoms with Gasteiger partial charge in [0.25, 0.3) is 5.91 Å². The molecule has 1 aromatic heterocycles. The second kappa shape index (κ2) is 8.60. The van der Waals surface area contributed by atoms with E-state index in [2.05, 4.69) is 15.5 Å². The van der Waals surface area contributed by atoms with Gasteiger partial charge in [-0.2, -0.15) is 10.4 Å². The molecule has 0 radical (unpaired) electrons. The molecule has 0 fully saturated rings. The van der Waals surface area contributed by atoms with Crippen LogP contribution >= 0.6 is 0 Å². The summed E-state index contributed by atoms with van der Waals surface area (Å²) in [5.74, 6) is 0.0450. The molecule has 0 bridgehead atoms. The van der Waals surface area contributed by atoms with Crippen LogP contribution < -0.4 is 15.2 Å². The highest BCUT2D eigenvalue weighted by molar-refractivity contribution is 7.89. The Bertz CT molecular complexity index is 1240. The number of carbonyl (C=O) groups excluding carboxylic acids is 1. The van der Waals surface area contributed by atoms with Crippen molar-refractivity contribution >= 4 is 27.7 Å². The molecule has 0 aliphatic carbocycles. The van der Waals surface area contributed by atoms with E-state index >= 15 is 0 Å². The highest BCUT2D eigenvalue weighted by atomic mass is 32.2. The van der Waals surface area contributed by atoms with Gasteiger partial charge in [-0.05, 0) is 54.6 Å². The number of ether oxygens (including phenoxy) is 1. The average molecular weight is 423 g/mol. The quantitative estimate of drug-likeness (QED) is 0.409. The van der Waals surface area contributed by atoms with Crippen molar-refractivity contribution in [3.05, 3.63) is 65.9 Å². The number of benzene rings is 2. The molecular weight excluding hydrogens is 406 g/mol. The Labute approximate surface area is 172 Å². The van der Waals surface area contributed by atoms with E-state index in [1.54, 1.807) is 19.2 Å². The van der Waals surface area contributed by atoms with Crippen LogP contribution in [0.25, 0.3) is 17.3 Å². The van der Waals surface area contributed by atoms with E-state index in [9.17, 15) is 18.5 Å². The van der Waals surface area contributed by atoms with Gasteiger partial charge in [0.05, 0.1) is 23.9 Å². The number of nitrogens with zero attached hydrogens (tertiary/aromatic N) is 2. The molecular formula is C20H17N5O4S. The van der Waals surface area contributed by atoms with Gasteiger partial charge in [0.1, 0.15) is 17.4 Å². The summed E-state index contributed by atoms with van der Waals surface area (Å²) in [5.41, 5.74) is 2.15. The van der Waals surface area contributed by atoms with E-state index in [-0.39, 0.29) is 10.5 Å². The summed E-state index contributed by atoms with van der Waals surface area (Å²) < 4.78 is 27.8. The van der Waals surface area contributed by atoms with E-state index in [1.165, 1.54) is 36.5 Å². The zero-order valence-corrected chi connectivity index (χ0v) is 16.6. The van der Waals surface area contributed by atoms with Gasteiger partial charge in [-0.1, -0.05) is 0 Å². The van der Waals surface area contributed by atoms with Gasteiger partial charge in [-0.3, -0.25) is 9.89 Å². The largest absolute Gasteiger partial charge is 0.497 e. The van der Waals surface area contributed by atoms with Crippen LogP contribution in [-0.4, -0.2) is 31.6 Å². The molecule has 30 heavy (non-hydrogen) atoms. The molecule has 3 rings (SSSR count). The first kappa shape index (κ1) is 20.8. The van der Waals surface area contributed by atoms with E-state index in [0.717, 1.165) is 5.56 Å². The number of nitriles is 1. The summed E-state index contributed by atoms with van der Waals surface area (Å²) in [7, 11) is -2.26. The van der Waals surface area contributed by atoms with Crippen molar-refractivity contribution < 1.29 is 17.9 Å². The molecule has 0 spiro atoms. The lowest BCUT2D eigenvalue weighted by molar-refractivity contribution is -0.112. The number of methoxy groups -OCH3 is 1. The molecule has 3 aromatic rings. The lowest BCUT2D eigenvalue weighted by Gasteiger charge is -2.06. The Morgan fingerprint density at radius 3 is 2.43 bits per heavy atom. The van der Waals surface area contributed by atoms with E-state index < -0.39 is 15.9 Å². The number of nitrogens with two attached hydrogens (primary N) is 1. The van der Waals surface area contributed by atoms with Gasteiger partial charge >= 0.3 is 0 Å². The number of aromatic amines is 1. The van der Waals surface area contributed by atoms with Gasteiger partial charge in [0.15, 0.2) is 0 Å². The SMILES string of the molecule is COc1ccc(-c2[nH]ncc2/C=C(\C#N)C(=O)Nc2ccc(S(N)(=O)=O)cc2)cc1. The summed E-state index contributed by atoms with van der Waals surface area (Å²) in [6.07, 6.45) is 2.92. The predicted octanol–water partition coefficient (Wildman–Crippen LogP) is 2.28. The molecule has 0 unspecified atom stereocenters. The van der Waals surface area contributed by atoms with Crippen LogP contribution in [0.3, 0.4) is 0 Å². The van der Waals surface area contributed by atoms with Gasteiger partial charge < -0.3 is 10.1 Å². The number of anilines is 1. The van der Waals surface area contributed by atoms with Crippen LogP contribution in [0.15, 0.2) is 65.2 Å². The van der Waals surface area contributed by atoms with Crippen molar-refractivity contribution in [2.45, 2.75) is 4.90 Å². The zero-order chi connectivity index (χ0) is 21.7. The Kier molecular flexibility index (Phi) is 5.96. The fourth-order valence-electron chi connectivity index (χ4n) is 2.62. The summed E-state index contributed by atoms with van der Waals surface area (Å²) in [6, 6.07) is 14.4. The number of sulfonamides is 1. The fourth-order valence-corrected chi connectivity index (χ4v) is 3.14. The minimum absolute atomic E-state index is 0.0842. The minimum Gasteiger partial charge on any atom is -0.497 e. The maximum atomic E-state index is 12.5. The van der Waals surface area contributed by atoms with Crippen LogP contribution in [0.4, 0.5) is 5.69 Å². The van der Waals surface area contributed by atoms with Crippen LogP contribution in [0.1, 0.15) is 5.56 Å². The Morgan fingerprint density at radius 2 is 1.87 bits per heavy atom. The van der Waals surface area contributed by atoms with Gasteiger partial charge in [0.2, 0.25) is 10.0 Å². The maximum absolute atomic E-state index is 12.5. The van der Waals surface area contributed by atoms with Gasteiger partial charge in [-0.25, -0.2) is 13.6 Å². The van der Waals surface area contributed by atoms with Crippen molar-refractivity contribution in [3.63, 3.8) is 0 Å². The maximum Gasteiger partial charge on any atom is 0.266 e. The molecule has 0 saturated heterocycles. The number of H-pyrrole nitrogens is 1. The average Bonchev–Trinajstić information content (AvgIpc) is 3.20. The van der Waals surface area contributed by atoms with E-state index in [1.807, 2.05) is 18.2 Å². The third-order valence-corrected chi connectivity index (χ3v) is 5.08. The predicted molar refractivity (Wildman–Crippen MR) is 111 cm³/mol. The molecule has 2 aromatic carbocycles. The van der Waals surface area contributed by atoms with Crippen LogP contribution in [0, 0.1) is 11.3 Å². The topological polar surface area (TPSA) is 151 Å². The van der Waals surface area contributed by atoms with Crippen molar-refractivity contribution in [1.82, 2.24) is 10.2 Å². The summed E-state index contributed by atoms with van der Waals surface area (Å²) in [5, 5.41) is 23.9. The summed E-state index contributed by atoms with van der Waals surface area (Å²) in [4.78, 5) is 12.4. The molecule has 9 nitrogen and oxygen atoms in total. The number of nitrogens with one attached hydrogen (secondary N) is 2. The molecule has 152 valence electrons. The summed E-state index contributed by atoms with van der Waals surface area (Å²) in [6.45, 7) is 0. The first-order valence-electron chi connectivity index (χ1n) is 8.55. The van der Waals surface area contributed by atoms with Crippen molar-refractivity contribution in [2.24, 2.45) is 5.14 Å². The molecule has 4 N–H and O–H groups in total. The number of primary sulfonamides is 1. The van der Waals surface area contributed by atoms with Crippen LogP contribution in [-0.2, 0) is 14.8 Å². The highest BCUT2D eigenvalue weighted by Gasteiger charge is 2.14. The number of amides is 1. The molecule has 0 aliphatic rings. The number of hydrogen-bond donors (Lipinski definition) is 3. The molecule has 0 aliphatic heterocycles. The molecule has 0 atom stereocenters. The Morgan fingerprint density at radius 1 is 1.20 bits per heavy atom. The second-order valence-corrected chi connectivity index (χ2v) is 7.68. The number of carbonyl (C=O) groups is 1. The normalized spacial score (nSPS) is 11.6. The van der Waals surface area contributed by atoms with Crippen molar-refractivity contribution in [2.75, 3.05) is 12.4 Å². The van der Waals surface area contributed by atoms with Crippen LogP contribution in [0.2, 0.25) is 0 Å². The number of hydrogen-bond acceptors (Lipinski definition) is 6. The third kappa shape index (κ3) is 4.72. The fraction of sp³-hybridized carbons (Fsp3) is 0.0500. The lowest BCUT2D eigenvalue weighted by atomic mass is 10.1. The number of aromatic nitrogens is 2.